The van der Waals surface area contributed by atoms with E-state index in [9.17, 15) is 4.79 Å². The highest BCUT2D eigenvalue weighted by Crippen LogP contribution is 2.30. The number of likely N-dealkylation sites (tertiary alicyclic amines) is 1. The predicted molar refractivity (Wildman–Crippen MR) is 80.9 cm³/mol. The fourth-order valence-corrected chi connectivity index (χ4v) is 3.75. The van der Waals surface area contributed by atoms with E-state index in [1.807, 2.05) is 12.1 Å². The van der Waals surface area contributed by atoms with Crippen LogP contribution in [0.5, 0.6) is 0 Å². The van der Waals surface area contributed by atoms with E-state index in [1.165, 1.54) is 11.3 Å². The van der Waals surface area contributed by atoms with Gasteiger partial charge < -0.3 is 9.52 Å². The van der Waals surface area contributed by atoms with Gasteiger partial charge in [0.05, 0.1) is 21.1 Å². The molecule has 0 saturated carbocycles. The van der Waals surface area contributed by atoms with Crippen LogP contribution in [0, 0.1) is 5.92 Å². The van der Waals surface area contributed by atoms with E-state index in [0.717, 1.165) is 28.0 Å². The summed E-state index contributed by atoms with van der Waals surface area (Å²) in [6, 6.07) is 3.86. The first-order chi connectivity index (χ1) is 10.1. The first-order valence-corrected chi connectivity index (χ1v) is 8.26. The molecule has 21 heavy (non-hydrogen) atoms. The van der Waals surface area contributed by atoms with E-state index in [1.54, 1.807) is 0 Å². The Morgan fingerprint density at radius 2 is 2.38 bits per heavy atom. The zero-order chi connectivity index (χ0) is 14.8. The summed E-state index contributed by atoms with van der Waals surface area (Å²) in [7, 11) is 0. The summed E-state index contributed by atoms with van der Waals surface area (Å²) in [5.41, 5.74) is 0. The molecule has 3 heterocycles. The summed E-state index contributed by atoms with van der Waals surface area (Å²) in [4.78, 5) is 14.0. The molecule has 0 aromatic carbocycles. The second-order valence-electron chi connectivity index (χ2n) is 5.02. The summed E-state index contributed by atoms with van der Waals surface area (Å²) < 4.78 is 6.67. The lowest BCUT2D eigenvalue weighted by atomic mass is 9.98. The third-order valence-electron chi connectivity index (χ3n) is 3.46. The third kappa shape index (κ3) is 3.50. The molecule has 1 atom stereocenters. The van der Waals surface area contributed by atoms with Crippen LogP contribution >= 0.6 is 27.3 Å². The molecule has 0 spiro atoms. The van der Waals surface area contributed by atoms with Crippen LogP contribution in [0.3, 0.4) is 0 Å². The van der Waals surface area contributed by atoms with Crippen molar-refractivity contribution >= 4 is 33.2 Å². The monoisotopic (exact) mass is 371 g/mol. The van der Waals surface area contributed by atoms with E-state index < -0.39 is 5.97 Å². The number of hydrogen-bond donors (Lipinski definition) is 1. The number of piperidine rings is 1. The van der Waals surface area contributed by atoms with Crippen LogP contribution in [0.2, 0.25) is 0 Å². The van der Waals surface area contributed by atoms with Gasteiger partial charge in [-0.25, -0.2) is 0 Å². The SMILES string of the molecule is O=C(O)C1CCCN(Cc2nnc(-c3ccc(Br)s3)o2)C1. The number of nitrogens with zero attached hydrogens (tertiary/aromatic N) is 3. The number of hydrogen-bond acceptors (Lipinski definition) is 6. The number of aromatic nitrogens is 2. The van der Waals surface area contributed by atoms with Gasteiger partial charge in [0.2, 0.25) is 5.89 Å². The maximum absolute atomic E-state index is 11.1. The van der Waals surface area contributed by atoms with Crippen LogP contribution in [-0.2, 0) is 11.3 Å². The number of aliphatic carboxylic acids is 1. The maximum atomic E-state index is 11.1. The number of carboxylic acid groups (broad SMARTS) is 1. The van der Waals surface area contributed by atoms with E-state index in [0.29, 0.717) is 24.9 Å². The van der Waals surface area contributed by atoms with Gasteiger partial charge in [0.25, 0.3) is 5.89 Å². The number of rotatable bonds is 4. The van der Waals surface area contributed by atoms with Crippen LogP contribution in [0.15, 0.2) is 20.3 Å². The van der Waals surface area contributed by atoms with Gasteiger partial charge in [-0.15, -0.1) is 21.5 Å². The van der Waals surface area contributed by atoms with Crippen molar-refractivity contribution in [1.82, 2.24) is 15.1 Å². The van der Waals surface area contributed by atoms with Crippen molar-refractivity contribution in [2.45, 2.75) is 19.4 Å². The Kier molecular flexibility index (Phi) is 4.37. The fourth-order valence-electron chi connectivity index (χ4n) is 2.44. The standard InChI is InChI=1S/C13H14BrN3O3S/c14-10-4-3-9(21-10)12-16-15-11(20-12)7-17-5-1-2-8(6-17)13(18)19/h3-4,8H,1-2,5-7H2,(H,18,19). The summed E-state index contributed by atoms with van der Waals surface area (Å²) in [6.07, 6.45) is 1.62. The predicted octanol–water partition coefficient (Wildman–Crippen LogP) is 2.86. The Labute approximate surface area is 133 Å². The highest BCUT2D eigenvalue weighted by atomic mass is 79.9. The molecule has 1 N–H and O–H groups in total. The molecular formula is C13H14BrN3O3S. The van der Waals surface area contributed by atoms with Crippen molar-refractivity contribution in [1.29, 1.82) is 0 Å². The lowest BCUT2D eigenvalue weighted by molar-refractivity contribution is -0.143. The number of halogens is 1. The van der Waals surface area contributed by atoms with Gasteiger partial charge in [-0.05, 0) is 47.4 Å². The van der Waals surface area contributed by atoms with Gasteiger partial charge in [-0.1, -0.05) is 0 Å². The molecule has 1 fully saturated rings. The van der Waals surface area contributed by atoms with Crippen LogP contribution in [0.25, 0.3) is 10.8 Å². The molecular weight excluding hydrogens is 358 g/mol. The van der Waals surface area contributed by atoms with Gasteiger partial charge in [0.1, 0.15) is 0 Å². The zero-order valence-electron chi connectivity index (χ0n) is 11.2. The van der Waals surface area contributed by atoms with Crippen molar-refractivity contribution in [3.63, 3.8) is 0 Å². The minimum atomic E-state index is -0.727. The highest BCUT2D eigenvalue weighted by molar-refractivity contribution is 9.11. The first-order valence-electron chi connectivity index (χ1n) is 6.65. The molecule has 1 aliphatic rings. The van der Waals surface area contributed by atoms with Gasteiger partial charge in [-0.3, -0.25) is 9.69 Å². The Morgan fingerprint density at radius 3 is 3.10 bits per heavy atom. The molecule has 1 unspecified atom stereocenters. The minimum absolute atomic E-state index is 0.297. The van der Waals surface area contributed by atoms with Crippen molar-refractivity contribution in [2.75, 3.05) is 13.1 Å². The Morgan fingerprint density at radius 1 is 1.52 bits per heavy atom. The molecule has 6 nitrogen and oxygen atoms in total. The topological polar surface area (TPSA) is 79.5 Å². The third-order valence-corrected chi connectivity index (χ3v) is 5.08. The molecule has 8 heteroatoms. The lowest BCUT2D eigenvalue weighted by Gasteiger charge is -2.29. The molecule has 112 valence electrons. The molecule has 0 radical (unpaired) electrons. The smallest absolute Gasteiger partial charge is 0.307 e. The summed E-state index contributed by atoms with van der Waals surface area (Å²) >= 11 is 4.93. The molecule has 0 aliphatic carbocycles. The summed E-state index contributed by atoms with van der Waals surface area (Å²) in [5, 5.41) is 17.2. The van der Waals surface area contributed by atoms with Gasteiger partial charge in [0.15, 0.2) is 0 Å². The highest BCUT2D eigenvalue weighted by Gasteiger charge is 2.26. The Hall–Kier alpha value is -1.25. The average molecular weight is 372 g/mol. The van der Waals surface area contributed by atoms with Gasteiger partial charge >= 0.3 is 5.97 Å². The van der Waals surface area contributed by atoms with Crippen molar-refractivity contribution in [3.05, 3.63) is 21.8 Å². The van der Waals surface area contributed by atoms with Crippen molar-refractivity contribution in [2.24, 2.45) is 5.92 Å². The Balaban J connectivity index is 1.65. The molecule has 2 aromatic heterocycles. The second kappa shape index (κ2) is 6.25. The molecule has 1 saturated heterocycles. The van der Waals surface area contributed by atoms with Crippen molar-refractivity contribution in [3.8, 4) is 10.8 Å². The number of carbonyl (C=O) groups is 1. The average Bonchev–Trinajstić information content (AvgIpc) is 3.08. The lowest BCUT2D eigenvalue weighted by Crippen LogP contribution is -2.38. The van der Waals surface area contributed by atoms with Crippen molar-refractivity contribution < 1.29 is 14.3 Å². The van der Waals surface area contributed by atoms with Crippen LogP contribution < -0.4 is 0 Å². The number of thiophene rings is 1. The van der Waals surface area contributed by atoms with E-state index in [-0.39, 0.29) is 5.92 Å². The normalized spacial score (nSPS) is 19.8. The zero-order valence-corrected chi connectivity index (χ0v) is 13.6. The maximum Gasteiger partial charge on any atom is 0.307 e. The Bertz CT molecular complexity index is 642. The first kappa shape index (κ1) is 14.7. The van der Waals surface area contributed by atoms with Gasteiger partial charge in [-0.2, -0.15) is 0 Å². The quantitative estimate of drug-likeness (QED) is 0.889. The molecule has 2 aromatic rings. The molecule has 0 bridgehead atoms. The van der Waals surface area contributed by atoms with E-state index >= 15 is 0 Å². The summed E-state index contributed by atoms with van der Waals surface area (Å²) in [5.74, 6) is 0.0109. The van der Waals surface area contributed by atoms with E-state index in [2.05, 4.69) is 31.0 Å². The summed E-state index contributed by atoms with van der Waals surface area (Å²) in [6.45, 7) is 1.91. The molecule has 1 aliphatic heterocycles. The number of carboxylic acids is 1. The van der Waals surface area contributed by atoms with E-state index in [4.69, 9.17) is 9.52 Å². The fraction of sp³-hybridized carbons (Fsp3) is 0.462. The van der Waals surface area contributed by atoms with Gasteiger partial charge in [0, 0.05) is 6.54 Å². The van der Waals surface area contributed by atoms with Crippen LogP contribution in [0.4, 0.5) is 0 Å². The minimum Gasteiger partial charge on any atom is -0.481 e. The molecule has 0 amide bonds. The molecule has 3 rings (SSSR count). The largest absolute Gasteiger partial charge is 0.481 e. The second-order valence-corrected chi connectivity index (χ2v) is 7.48. The van der Waals surface area contributed by atoms with Crippen LogP contribution in [-0.4, -0.2) is 39.3 Å². The van der Waals surface area contributed by atoms with Crippen LogP contribution in [0.1, 0.15) is 18.7 Å².